The number of nitrogens with one attached hydrogen (secondary N) is 2. The number of piperidine rings is 1. The Bertz CT molecular complexity index is 985. The normalized spacial score (nSPS) is 14.8. The first-order chi connectivity index (χ1) is 12.6. The highest BCUT2D eigenvalue weighted by atomic mass is 79.9. The van der Waals surface area contributed by atoms with Crippen LogP contribution in [-0.2, 0) is 0 Å². The number of anilines is 3. The Morgan fingerprint density at radius 3 is 2.56 bits per heavy atom. The molecule has 1 aromatic carbocycles. The lowest BCUT2D eigenvalue weighted by atomic mass is 10.1. The minimum atomic E-state index is -0.214. The number of halogens is 2. The molecular formula is C18H20BrClN6O. The summed E-state index contributed by atoms with van der Waals surface area (Å²) < 4.78 is 0.985. The van der Waals surface area contributed by atoms with Crippen LogP contribution in [0.2, 0.25) is 0 Å². The second-order valence-electron chi connectivity index (χ2n) is 6.40. The van der Waals surface area contributed by atoms with Crippen LogP contribution < -0.4 is 21.5 Å². The zero-order valence-corrected chi connectivity index (χ0v) is 16.9. The van der Waals surface area contributed by atoms with E-state index in [1.807, 2.05) is 24.3 Å². The summed E-state index contributed by atoms with van der Waals surface area (Å²) in [5, 5.41) is 3.71. The van der Waals surface area contributed by atoms with E-state index in [0.717, 1.165) is 36.1 Å². The van der Waals surface area contributed by atoms with Gasteiger partial charge in [-0.1, -0.05) is 15.9 Å². The number of pyridine rings is 1. The molecular weight excluding hydrogens is 432 g/mol. The second-order valence-corrected chi connectivity index (χ2v) is 7.31. The number of rotatable bonds is 3. The first kappa shape index (κ1) is 19.6. The van der Waals surface area contributed by atoms with Gasteiger partial charge in [-0.15, -0.1) is 12.4 Å². The van der Waals surface area contributed by atoms with Crippen molar-refractivity contribution in [1.29, 1.82) is 0 Å². The van der Waals surface area contributed by atoms with E-state index in [2.05, 4.69) is 41.1 Å². The lowest BCUT2D eigenvalue weighted by Crippen LogP contribution is -2.40. The van der Waals surface area contributed by atoms with Gasteiger partial charge in [-0.3, -0.25) is 4.79 Å². The molecule has 3 heterocycles. The smallest absolute Gasteiger partial charge is 0.261 e. The van der Waals surface area contributed by atoms with E-state index >= 15 is 0 Å². The highest BCUT2D eigenvalue weighted by molar-refractivity contribution is 9.10. The largest absolute Gasteiger partial charge is 0.341 e. The van der Waals surface area contributed by atoms with Gasteiger partial charge in [-0.2, -0.15) is 4.98 Å². The van der Waals surface area contributed by atoms with Crippen molar-refractivity contribution in [2.45, 2.75) is 18.9 Å². The first-order valence-corrected chi connectivity index (χ1v) is 9.32. The summed E-state index contributed by atoms with van der Waals surface area (Å²) in [6.07, 6.45) is 3.43. The minimum Gasteiger partial charge on any atom is -0.341 e. The molecule has 0 bridgehead atoms. The summed E-state index contributed by atoms with van der Waals surface area (Å²) in [6.45, 7) is 1.63. The Hall–Kier alpha value is -2.16. The summed E-state index contributed by atoms with van der Waals surface area (Å²) in [5.74, 6) is 1.12. The van der Waals surface area contributed by atoms with Crippen LogP contribution in [0.4, 0.5) is 17.5 Å². The minimum absolute atomic E-state index is 0. The molecule has 1 saturated heterocycles. The Morgan fingerprint density at radius 1 is 1.15 bits per heavy atom. The molecule has 27 heavy (non-hydrogen) atoms. The molecule has 0 radical (unpaired) electrons. The fourth-order valence-electron chi connectivity index (χ4n) is 3.08. The van der Waals surface area contributed by atoms with Crippen LogP contribution in [0.15, 0.2) is 45.8 Å². The molecule has 0 saturated carbocycles. The van der Waals surface area contributed by atoms with Crippen molar-refractivity contribution >= 4 is 56.7 Å². The number of H-pyrrole nitrogens is 1. The van der Waals surface area contributed by atoms with Crippen LogP contribution >= 0.6 is 28.3 Å². The van der Waals surface area contributed by atoms with Gasteiger partial charge in [0, 0.05) is 35.5 Å². The molecule has 0 unspecified atom stereocenters. The molecule has 4 rings (SSSR count). The van der Waals surface area contributed by atoms with Gasteiger partial charge in [0.25, 0.3) is 5.56 Å². The fourth-order valence-corrected chi connectivity index (χ4v) is 3.34. The quantitative estimate of drug-likeness (QED) is 0.565. The van der Waals surface area contributed by atoms with Gasteiger partial charge in [-0.05, 0) is 43.2 Å². The number of aromatic nitrogens is 3. The molecule has 0 spiro atoms. The standard InChI is InChI=1S/C18H19BrN6O.ClH/c19-11-1-3-13(4-2-11)22-16-15-14(5-8-21-17(15)26)23-18(24-16)25-9-6-12(20)7-10-25;/h1-5,8,12H,6-7,9-10,20H2,(H,21,26)(H,22,23,24);1H. The topological polar surface area (TPSA) is 99.9 Å². The van der Waals surface area contributed by atoms with Crippen LogP contribution in [0.25, 0.3) is 10.9 Å². The maximum atomic E-state index is 12.4. The van der Waals surface area contributed by atoms with E-state index in [9.17, 15) is 4.79 Å². The molecule has 4 N–H and O–H groups in total. The third kappa shape index (κ3) is 4.23. The van der Waals surface area contributed by atoms with Gasteiger partial charge in [-0.25, -0.2) is 4.98 Å². The highest BCUT2D eigenvalue weighted by Gasteiger charge is 2.20. The zero-order chi connectivity index (χ0) is 18.1. The number of hydrogen-bond acceptors (Lipinski definition) is 6. The number of nitrogens with zero attached hydrogens (tertiary/aromatic N) is 3. The van der Waals surface area contributed by atoms with Gasteiger partial charge in [0.05, 0.1) is 5.52 Å². The molecule has 1 aliphatic rings. The van der Waals surface area contributed by atoms with Crippen molar-refractivity contribution in [3.05, 3.63) is 51.4 Å². The van der Waals surface area contributed by atoms with Gasteiger partial charge < -0.3 is 20.9 Å². The highest BCUT2D eigenvalue weighted by Crippen LogP contribution is 2.26. The van der Waals surface area contributed by atoms with Crippen molar-refractivity contribution in [3.8, 4) is 0 Å². The molecule has 1 aliphatic heterocycles. The van der Waals surface area contributed by atoms with E-state index in [-0.39, 0.29) is 24.0 Å². The lowest BCUT2D eigenvalue weighted by Gasteiger charge is -2.30. The third-order valence-electron chi connectivity index (χ3n) is 4.54. The molecule has 1 fully saturated rings. The number of nitrogens with two attached hydrogens (primary N) is 1. The molecule has 0 atom stereocenters. The van der Waals surface area contributed by atoms with Gasteiger partial charge in [0.15, 0.2) is 0 Å². The molecule has 9 heteroatoms. The number of fused-ring (bicyclic) bond motifs is 1. The average molecular weight is 452 g/mol. The van der Waals surface area contributed by atoms with Crippen molar-refractivity contribution in [1.82, 2.24) is 15.0 Å². The summed E-state index contributed by atoms with van der Waals surface area (Å²) in [5.41, 5.74) is 7.26. The first-order valence-electron chi connectivity index (χ1n) is 8.53. The Morgan fingerprint density at radius 2 is 1.85 bits per heavy atom. The van der Waals surface area contributed by atoms with Crippen molar-refractivity contribution in [2.75, 3.05) is 23.3 Å². The summed E-state index contributed by atoms with van der Waals surface area (Å²) in [7, 11) is 0. The van der Waals surface area contributed by atoms with Crippen LogP contribution in [0.3, 0.4) is 0 Å². The predicted molar refractivity (Wildman–Crippen MR) is 114 cm³/mol. The molecule has 2 aromatic heterocycles. The molecule has 7 nitrogen and oxygen atoms in total. The van der Waals surface area contributed by atoms with E-state index in [1.54, 1.807) is 12.3 Å². The van der Waals surface area contributed by atoms with Crippen LogP contribution in [0.1, 0.15) is 12.8 Å². The van der Waals surface area contributed by atoms with Crippen LogP contribution in [-0.4, -0.2) is 34.1 Å². The van der Waals surface area contributed by atoms with Crippen molar-refractivity contribution < 1.29 is 0 Å². The summed E-state index contributed by atoms with van der Waals surface area (Å²) in [4.78, 5) is 26.5. The maximum Gasteiger partial charge on any atom is 0.261 e. The second kappa shape index (κ2) is 8.24. The molecule has 3 aromatic rings. The summed E-state index contributed by atoms with van der Waals surface area (Å²) in [6, 6.07) is 9.74. The van der Waals surface area contributed by atoms with Crippen molar-refractivity contribution in [3.63, 3.8) is 0 Å². The number of benzene rings is 1. The van der Waals surface area contributed by atoms with E-state index in [1.165, 1.54) is 0 Å². The third-order valence-corrected chi connectivity index (χ3v) is 5.07. The SMILES string of the molecule is Cl.NC1CCN(c2nc(Nc3ccc(Br)cc3)c3c(=O)[nH]ccc3n2)CC1. The predicted octanol–water partition coefficient (Wildman–Crippen LogP) is 3.17. The van der Waals surface area contributed by atoms with Crippen LogP contribution in [0, 0.1) is 0 Å². The fraction of sp³-hybridized carbons (Fsp3) is 0.278. The van der Waals surface area contributed by atoms with E-state index < -0.39 is 0 Å². The Labute approximate surface area is 170 Å². The zero-order valence-electron chi connectivity index (χ0n) is 14.5. The molecule has 142 valence electrons. The maximum absolute atomic E-state index is 12.4. The van der Waals surface area contributed by atoms with Gasteiger partial charge in [0.2, 0.25) is 5.95 Å². The van der Waals surface area contributed by atoms with E-state index in [4.69, 9.17) is 5.73 Å². The average Bonchev–Trinajstić information content (AvgIpc) is 2.64. The molecule has 0 amide bonds. The lowest BCUT2D eigenvalue weighted by molar-refractivity contribution is 0.496. The Kier molecular flexibility index (Phi) is 5.98. The van der Waals surface area contributed by atoms with Crippen LogP contribution in [0.5, 0.6) is 0 Å². The molecule has 0 aliphatic carbocycles. The number of hydrogen-bond donors (Lipinski definition) is 3. The Balaban J connectivity index is 0.00000210. The number of aromatic amines is 1. The van der Waals surface area contributed by atoms with Gasteiger partial charge >= 0.3 is 0 Å². The van der Waals surface area contributed by atoms with Gasteiger partial charge in [0.1, 0.15) is 11.2 Å². The van der Waals surface area contributed by atoms with E-state index in [0.29, 0.717) is 22.7 Å². The van der Waals surface area contributed by atoms with Crippen molar-refractivity contribution in [2.24, 2.45) is 5.73 Å². The monoisotopic (exact) mass is 450 g/mol. The summed E-state index contributed by atoms with van der Waals surface area (Å²) >= 11 is 3.43.